The second-order valence-electron chi connectivity index (χ2n) is 5.86. The van der Waals surface area contributed by atoms with E-state index in [2.05, 4.69) is 44.8 Å². The topological polar surface area (TPSA) is 15.3 Å². The highest BCUT2D eigenvalue weighted by Gasteiger charge is 2.36. The van der Waals surface area contributed by atoms with Crippen molar-refractivity contribution >= 4 is 0 Å². The van der Waals surface area contributed by atoms with E-state index in [-0.39, 0.29) is 0 Å². The summed E-state index contributed by atoms with van der Waals surface area (Å²) in [5.41, 5.74) is 0. The molecule has 0 aromatic carbocycles. The predicted octanol–water partition coefficient (Wildman–Crippen LogP) is 3.81. The Labute approximate surface area is 115 Å². The first-order chi connectivity index (χ1) is 8.69. The zero-order chi connectivity index (χ0) is 13.5. The lowest BCUT2D eigenvalue weighted by atomic mass is 9.97. The summed E-state index contributed by atoms with van der Waals surface area (Å²) in [6.45, 7) is 12.8. The molecule has 0 bridgehead atoms. The summed E-state index contributed by atoms with van der Waals surface area (Å²) in [6, 6.07) is 3.01. The highest BCUT2D eigenvalue weighted by Crippen LogP contribution is 2.31. The van der Waals surface area contributed by atoms with E-state index >= 15 is 0 Å². The minimum absolute atomic E-state index is 0.680. The van der Waals surface area contributed by atoms with E-state index in [0.717, 1.165) is 24.7 Å². The van der Waals surface area contributed by atoms with Crippen LogP contribution in [-0.2, 0) is 0 Å². The number of hydrogen-bond acceptors (Lipinski definition) is 2. The van der Waals surface area contributed by atoms with Gasteiger partial charge in [0.15, 0.2) is 0 Å². The van der Waals surface area contributed by atoms with E-state index in [1.165, 1.54) is 38.5 Å². The number of hydrogen-bond donors (Lipinski definition) is 1. The fourth-order valence-corrected chi connectivity index (χ4v) is 3.81. The first-order valence-corrected chi connectivity index (χ1v) is 8.20. The molecule has 2 nitrogen and oxygen atoms in total. The molecule has 1 fully saturated rings. The molecule has 0 saturated carbocycles. The smallest absolute Gasteiger partial charge is 0.0252 e. The summed E-state index contributed by atoms with van der Waals surface area (Å²) in [5, 5.41) is 3.73. The van der Waals surface area contributed by atoms with Gasteiger partial charge in [-0.25, -0.2) is 0 Å². The maximum Gasteiger partial charge on any atom is 0.0252 e. The number of rotatable bonds is 8. The first-order valence-electron chi connectivity index (χ1n) is 8.20. The van der Waals surface area contributed by atoms with E-state index < -0.39 is 0 Å². The van der Waals surface area contributed by atoms with Crippen LogP contribution in [0.15, 0.2) is 0 Å². The quantitative estimate of drug-likeness (QED) is 0.708. The second kappa shape index (κ2) is 8.16. The van der Waals surface area contributed by atoms with Crippen molar-refractivity contribution in [1.29, 1.82) is 0 Å². The summed E-state index contributed by atoms with van der Waals surface area (Å²) >= 11 is 0. The molecule has 0 radical (unpaired) electrons. The van der Waals surface area contributed by atoms with Crippen LogP contribution in [0.1, 0.15) is 73.1 Å². The Kier molecular flexibility index (Phi) is 7.25. The zero-order valence-electron chi connectivity index (χ0n) is 13.2. The number of likely N-dealkylation sites (N-methyl/N-ethyl adjacent to an activating group) is 1. The van der Waals surface area contributed by atoms with Crippen LogP contribution in [-0.4, -0.2) is 35.6 Å². The maximum absolute atomic E-state index is 3.73. The second-order valence-corrected chi connectivity index (χ2v) is 5.86. The molecular weight excluding hydrogens is 220 g/mol. The van der Waals surface area contributed by atoms with Crippen molar-refractivity contribution in [2.24, 2.45) is 0 Å². The molecule has 1 saturated heterocycles. The minimum Gasteiger partial charge on any atom is -0.313 e. The Bertz CT molecular complexity index is 211. The third kappa shape index (κ3) is 3.71. The maximum atomic E-state index is 3.73. The van der Waals surface area contributed by atoms with Gasteiger partial charge in [0.2, 0.25) is 0 Å². The number of likely N-dealkylation sites (tertiary alicyclic amines) is 1. The average Bonchev–Trinajstić information content (AvgIpc) is 2.73. The van der Waals surface area contributed by atoms with E-state index in [1.807, 2.05) is 0 Å². The monoisotopic (exact) mass is 254 g/mol. The Balaban J connectivity index is 2.77. The average molecular weight is 254 g/mol. The SMILES string of the molecule is CCCC(NCC)C(CC)N1C(C)CCC1CC. The lowest BCUT2D eigenvalue weighted by Crippen LogP contribution is -2.53. The third-order valence-electron chi connectivity index (χ3n) is 4.65. The van der Waals surface area contributed by atoms with Gasteiger partial charge in [-0.15, -0.1) is 0 Å². The summed E-state index contributed by atoms with van der Waals surface area (Å²) in [6.07, 6.45) is 7.97. The van der Waals surface area contributed by atoms with Gasteiger partial charge in [-0.1, -0.05) is 34.1 Å². The lowest BCUT2D eigenvalue weighted by Gasteiger charge is -2.40. The summed E-state index contributed by atoms with van der Waals surface area (Å²) in [7, 11) is 0. The molecule has 2 heteroatoms. The molecule has 0 amide bonds. The van der Waals surface area contributed by atoms with Crippen molar-refractivity contribution in [3.8, 4) is 0 Å². The Hall–Kier alpha value is -0.0800. The molecule has 1 N–H and O–H groups in total. The lowest BCUT2D eigenvalue weighted by molar-refractivity contribution is 0.0963. The largest absolute Gasteiger partial charge is 0.313 e. The predicted molar refractivity (Wildman–Crippen MR) is 81.1 cm³/mol. The van der Waals surface area contributed by atoms with Gasteiger partial charge in [-0.05, 0) is 45.6 Å². The summed E-state index contributed by atoms with van der Waals surface area (Å²) in [5.74, 6) is 0. The fraction of sp³-hybridized carbons (Fsp3) is 1.00. The van der Waals surface area contributed by atoms with E-state index in [1.54, 1.807) is 0 Å². The molecule has 1 aliphatic heterocycles. The van der Waals surface area contributed by atoms with Crippen LogP contribution in [0.2, 0.25) is 0 Å². The van der Waals surface area contributed by atoms with Gasteiger partial charge in [0.1, 0.15) is 0 Å². The zero-order valence-corrected chi connectivity index (χ0v) is 13.2. The molecule has 108 valence electrons. The van der Waals surface area contributed by atoms with Gasteiger partial charge in [-0.2, -0.15) is 0 Å². The molecule has 0 aromatic rings. The van der Waals surface area contributed by atoms with Gasteiger partial charge in [0, 0.05) is 24.2 Å². The summed E-state index contributed by atoms with van der Waals surface area (Å²) < 4.78 is 0. The van der Waals surface area contributed by atoms with Gasteiger partial charge < -0.3 is 5.32 Å². The van der Waals surface area contributed by atoms with E-state index in [4.69, 9.17) is 0 Å². The van der Waals surface area contributed by atoms with Gasteiger partial charge in [0.25, 0.3) is 0 Å². The van der Waals surface area contributed by atoms with Crippen molar-refractivity contribution in [2.45, 2.75) is 97.3 Å². The van der Waals surface area contributed by atoms with Crippen LogP contribution in [0, 0.1) is 0 Å². The van der Waals surface area contributed by atoms with Crippen LogP contribution in [0.5, 0.6) is 0 Å². The first kappa shape index (κ1) is 16.0. The van der Waals surface area contributed by atoms with Crippen molar-refractivity contribution < 1.29 is 0 Å². The highest BCUT2D eigenvalue weighted by molar-refractivity contribution is 4.93. The van der Waals surface area contributed by atoms with Crippen LogP contribution >= 0.6 is 0 Å². The van der Waals surface area contributed by atoms with E-state index in [9.17, 15) is 0 Å². The molecule has 0 aliphatic carbocycles. The molecule has 4 unspecified atom stereocenters. The molecule has 1 heterocycles. The number of nitrogens with one attached hydrogen (secondary N) is 1. The molecule has 18 heavy (non-hydrogen) atoms. The standard InChI is InChI=1S/C16H34N2/c1-6-10-15(17-9-4)16(8-3)18-13(5)11-12-14(18)7-2/h13-17H,6-12H2,1-5H3. The molecule has 0 aromatic heterocycles. The van der Waals surface area contributed by atoms with Crippen molar-refractivity contribution in [3.05, 3.63) is 0 Å². The normalized spacial score (nSPS) is 28.5. The highest BCUT2D eigenvalue weighted by atomic mass is 15.3. The van der Waals surface area contributed by atoms with Crippen LogP contribution in [0.25, 0.3) is 0 Å². The minimum atomic E-state index is 0.680. The molecule has 0 spiro atoms. The molecule has 1 aliphatic rings. The van der Waals surface area contributed by atoms with Crippen molar-refractivity contribution in [3.63, 3.8) is 0 Å². The Morgan fingerprint density at radius 1 is 1.17 bits per heavy atom. The van der Waals surface area contributed by atoms with Crippen molar-refractivity contribution in [1.82, 2.24) is 10.2 Å². The molecule has 4 atom stereocenters. The van der Waals surface area contributed by atoms with Crippen LogP contribution in [0.4, 0.5) is 0 Å². The fourth-order valence-electron chi connectivity index (χ4n) is 3.81. The number of nitrogens with zero attached hydrogens (tertiary/aromatic N) is 1. The van der Waals surface area contributed by atoms with Crippen molar-refractivity contribution in [2.75, 3.05) is 6.54 Å². The van der Waals surface area contributed by atoms with Gasteiger partial charge >= 0.3 is 0 Å². The van der Waals surface area contributed by atoms with Crippen LogP contribution in [0.3, 0.4) is 0 Å². The van der Waals surface area contributed by atoms with Gasteiger partial charge in [0.05, 0.1) is 0 Å². The summed E-state index contributed by atoms with van der Waals surface area (Å²) in [4.78, 5) is 2.84. The molecular formula is C16H34N2. The Morgan fingerprint density at radius 3 is 2.39 bits per heavy atom. The van der Waals surface area contributed by atoms with E-state index in [0.29, 0.717) is 6.04 Å². The third-order valence-corrected chi connectivity index (χ3v) is 4.65. The van der Waals surface area contributed by atoms with Gasteiger partial charge in [-0.3, -0.25) is 4.90 Å². The van der Waals surface area contributed by atoms with Crippen LogP contribution < -0.4 is 5.32 Å². The molecule has 1 rings (SSSR count). The Morgan fingerprint density at radius 2 is 1.89 bits per heavy atom.